The lowest BCUT2D eigenvalue weighted by molar-refractivity contribution is -0.184. The highest BCUT2D eigenvalue weighted by molar-refractivity contribution is 6.01. The molecule has 8 heteroatoms. The molecule has 2 heterocycles. The Labute approximate surface area is 216 Å². The number of carbonyl (C=O) groups is 2. The number of hydrogen-bond acceptors (Lipinski definition) is 7. The Kier molecular flexibility index (Phi) is 6.06. The first-order valence-corrected chi connectivity index (χ1v) is 12.9. The zero-order valence-corrected chi connectivity index (χ0v) is 21.6. The van der Waals surface area contributed by atoms with Crippen LogP contribution in [0.2, 0.25) is 0 Å². The predicted octanol–water partition coefficient (Wildman–Crippen LogP) is 4.33. The van der Waals surface area contributed by atoms with Gasteiger partial charge in [-0.15, -0.1) is 0 Å². The third-order valence-electron chi connectivity index (χ3n) is 9.72. The molecule has 0 radical (unpaired) electrons. The first kappa shape index (κ1) is 25.9. The number of pyridine rings is 1. The van der Waals surface area contributed by atoms with Crippen LogP contribution in [-0.2, 0) is 19.1 Å². The highest BCUT2D eigenvalue weighted by Crippen LogP contribution is 2.67. The molecular weight excluding hydrogens is 475 g/mol. The summed E-state index contributed by atoms with van der Waals surface area (Å²) in [6, 6.07) is 5.52. The second-order valence-corrected chi connectivity index (χ2v) is 11.6. The predicted molar refractivity (Wildman–Crippen MR) is 131 cm³/mol. The lowest BCUT2D eigenvalue weighted by Gasteiger charge is -2.57. The molecule has 5 rings (SSSR count). The van der Waals surface area contributed by atoms with E-state index in [4.69, 9.17) is 9.47 Å². The number of nitriles is 1. The molecule has 7 nitrogen and oxygen atoms in total. The Morgan fingerprint density at radius 2 is 2.11 bits per heavy atom. The molecule has 1 saturated heterocycles. The Balaban J connectivity index is 1.58. The molecule has 8 atom stereocenters. The lowest BCUT2D eigenvalue weighted by atomic mass is 9.50. The van der Waals surface area contributed by atoms with Gasteiger partial charge in [0.05, 0.1) is 24.7 Å². The topological polar surface area (TPSA) is 110 Å². The number of halogens is 1. The molecule has 1 N–H and O–H groups in total. The Morgan fingerprint density at radius 1 is 1.35 bits per heavy atom. The minimum Gasteiger partial charge on any atom is -0.390 e. The van der Waals surface area contributed by atoms with Crippen molar-refractivity contribution >= 4 is 11.6 Å². The van der Waals surface area contributed by atoms with Crippen LogP contribution in [0.15, 0.2) is 48.3 Å². The summed E-state index contributed by atoms with van der Waals surface area (Å²) in [4.78, 5) is 29.9. The first-order valence-electron chi connectivity index (χ1n) is 12.9. The van der Waals surface area contributed by atoms with Gasteiger partial charge in [-0.25, -0.2) is 4.39 Å². The van der Waals surface area contributed by atoms with Crippen molar-refractivity contribution in [3.63, 3.8) is 0 Å². The number of rotatable bonds is 5. The number of nitrogens with zero attached hydrogens (tertiary/aromatic N) is 2. The molecule has 1 aromatic heterocycles. The lowest BCUT2D eigenvalue weighted by Crippen LogP contribution is -2.63. The van der Waals surface area contributed by atoms with Crippen LogP contribution in [0.4, 0.5) is 4.39 Å². The van der Waals surface area contributed by atoms with Crippen molar-refractivity contribution in [3.8, 4) is 6.07 Å². The average molecular weight is 509 g/mol. The molecule has 3 aliphatic carbocycles. The van der Waals surface area contributed by atoms with Crippen LogP contribution in [0.3, 0.4) is 0 Å². The van der Waals surface area contributed by atoms with Crippen molar-refractivity contribution < 1.29 is 28.6 Å². The van der Waals surface area contributed by atoms with Gasteiger partial charge in [-0.2, -0.15) is 5.26 Å². The first-order chi connectivity index (χ1) is 17.4. The van der Waals surface area contributed by atoms with Gasteiger partial charge in [0.15, 0.2) is 29.1 Å². The van der Waals surface area contributed by atoms with E-state index in [1.54, 1.807) is 37.5 Å². The van der Waals surface area contributed by atoms with Gasteiger partial charge in [0, 0.05) is 34.7 Å². The number of ketones is 2. The summed E-state index contributed by atoms with van der Waals surface area (Å²) in [6.45, 7) is 6.97. The van der Waals surface area contributed by atoms with Crippen LogP contribution >= 0.6 is 0 Å². The van der Waals surface area contributed by atoms with Gasteiger partial charge in [0.1, 0.15) is 0 Å². The summed E-state index contributed by atoms with van der Waals surface area (Å²) >= 11 is 0. The average Bonchev–Trinajstić information content (AvgIpc) is 3.35. The molecule has 1 aliphatic heterocycles. The van der Waals surface area contributed by atoms with Gasteiger partial charge in [0.25, 0.3) is 0 Å². The van der Waals surface area contributed by atoms with Gasteiger partial charge in [0.2, 0.25) is 0 Å². The Hall–Kier alpha value is -2.73. The summed E-state index contributed by atoms with van der Waals surface area (Å²) in [5, 5.41) is 20.4. The smallest absolute Gasteiger partial charge is 0.187 e. The summed E-state index contributed by atoms with van der Waals surface area (Å²) in [5.41, 5.74) is -4.31. The number of aliphatic hydroxyl groups is 1. The number of aliphatic hydroxyl groups excluding tert-OH is 1. The maximum atomic E-state index is 17.5. The zero-order chi connectivity index (χ0) is 26.8. The number of Topliss-reactive ketones (excluding diaryl/α,β-unsaturated/α-hetero) is 1. The van der Waals surface area contributed by atoms with E-state index in [0.717, 1.165) is 0 Å². The second-order valence-electron chi connectivity index (χ2n) is 11.6. The summed E-state index contributed by atoms with van der Waals surface area (Å²) in [7, 11) is 0. The van der Waals surface area contributed by atoms with Crippen molar-refractivity contribution in [1.82, 2.24) is 4.98 Å². The minimum absolute atomic E-state index is 0.182. The van der Waals surface area contributed by atoms with Gasteiger partial charge < -0.3 is 14.6 Å². The molecule has 3 fully saturated rings. The van der Waals surface area contributed by atoms with E-state index < -0.39 is 52.4 Å². The van der Waals surface area contributed by atoms with E-state index in [2.05, 4.69) is 4.98 Å². The van der Waals surface area contributed by atoms with Crippen LogP contribution < -0.4 is 0 Å². The third kappa shape index (κ3) is 3.37. The van der Waals surface area contributed by atoms with E-state index in [9.17, 15) is 20.0 Å². The number of alkyl halides is 1. The zero-order valence-electron chi connectivity index (χ0n) is 21.6. The fraction of sp³-hybridized carbons (Fsp3) is 0.586. The quantitative estimate of drug-likeness (QED) is 0.630. The number of fused-ring (bicyclic) bond motifs is 2. The van der Waals surface area contributed by atoms with E-state index in [1.165, 1.54) is 19.1 Å². The van der Waals surface area contributed by atoms with Gasteiger partial charge >= 0.3 is 0 Å². The van der Waals surface area contributed by atoms with Gasteiger partial charge in [-0.3, -0.25) is 14.6 Å². The maximum absolute atomic E-state index is 17.5. The van der Waals surface area contributed by atoms with Crippen LogP contribution in [0.25, 0.3) is 0 Å². The van der Waals surface area contributed by atoms with Crippen molar-refractivity contribution in [2.45, 2.75) is 83.1 Å². The number of allylic oxidation sites excluding steroid dienone is 4. The van der Waals surface area contributed by atoms with E-state index in [1.807, 2.05) is 19.9 Å². The second kappa shape index (κ2) is 8.65. The number of ether oxygens (including phenoxy) is 2. The molecule has 0 amide bonds. The van der Waals surface area contributed by atoms with Crippen molar-refractivity contribution in [2.24, 2.45) is 22.7 Å². The summed E-state index contributed by atoms with van der Waals surface area (Å²) in [6.07, 6.45) is 5.73. The maximum Gasteiger partial charge on any atom is 0.187 e. The number of carbonyl (C=O) groups excluding carboxylic acids is 2. The SMILES string of the molecule is CC(O)[C@@]1(F)C([C@@H]2C[C@H]3OC(c4cccnc4)O[C@@]3(C(=O)CC#N)C2(C)C)CCC2=CC(=O)C=C[C@@]21C. The highest BCUT2D eigenvalue weighted by Gasteiger charge is 2.74. The van der Waals surface area contributed by atoms with Crippen LogP contribution in [0.1, 0.15) is 65.2 Å². The number of hydrogen-bond donors (Lipinski definition) is 1. The molecule has 0 spiro atoms. The van der Waals surface area contributed by atoms with E-state index in [0.29, 0.717) is 30.4 Å². The summed E-state index contributed by atoms with van der Waals surface area (Å²) < 4.78 is 30.3. The molecule has 1 aromatic rings. The molecule has 0 bridgehead atoms. The van der Waals surface area contributed by atoms with Crippen molar-refractivity contribution in [2.75, 3.05) is 0 Å². The van der Waals surface area contributed by atoms with Crippen molar-refractivity contribution in [1.29, 1.82) is 5.26 Å². The standard InChI is InChI=1S/C29H33FN2O5/c1-17(33)28(30)21(8-7-19-14-20(34)9-11-27(19,28)4)22-15-24-29(26(22,2)3,23(35)10-12-31)37-25(36-24)18-6-5-13-32-16-18/h5-6,9,11,13-14,16-17,21-22,24-25,33H,7-8,10,15H2,1-4H3/t17?,21?,22-,24+,25?,27-,28+,29+/m0/s1. The molecule has 0 aromatic carbocycles. The fourth-order valence-electron chi connectivity index (χ4n) is 7.82. The van der Waals surface area contributed by atoms with E-state index in [-0.39, 0.29) is 18.0 Å². The van der Waals surface area contributed by atoms with Crippen LogP contribution in [0.5, 0.6) is 0 Å². The van der Waals surface area contributed by atoms with E-state index >= 15 is 4.39 Å². The fourth-order valence-corrected chi connectivity index (χ4v) is 7.82. The Morgan fingerprint density at radius 3 is 2.76 bits per heavy atom. The summed E-state index contributed by atoms with van der Waals surface area (Å²) in [5.74, 6) is -1.62. The largest absolute Gasteiger partial charge is 0.390 e. The highest BCUT2D eigenvalue weighted by atomic mass is 19.1. The molecule has 37 heavy (non-hydrogen) atoms. The van der Waals surface area contributed by atoms with Crippen LogP contribution in [-0.4, -0.2) is 45.1 Å². The molecule has 196 valence electrons. The monoisotopic (exact) mass is 508 g/mol. The molecular formula is C29H33FN2O5. The van der Waals surface area contributed by atoms with Gasteiger partial charge in [-0.1, -0.05) is 31.6 Å². The number of aromatic nitrogens is 1. The minimum atomic E-state index is -2.10. The molecule has 3 unspecified atom stereocenters. The van der Waals surface area contributed by atoms with Gasteiger partial charge in [-0.05, 0) is 57.2 Å². The normalized spacial score (nSPS) is 40.9. The Bertz CT molecular complexity index is 1220. The van der Waals surface area contributed by atoms with Crippen molar-refractivity contribution in [3.05, 3.63) is 53.9 Å². The van der Waals surface area contributed by atoms with Crippen LogP contribution in [0, 0.1) is 34.0 Å². The molecule has 4 aliphatic rings. The molecule has 2 saturated carbocycles. The third-order valence-corrected chi connectivity index (χ3v) is 9.72.